The van der Waals surface area contributed by atoms with E-state index in [2.05, 4.69) is 15.2 Å². The van der Waals surface area contributed by atoms with E-state index in [0.717, 1.165) is 11.3 Å². The molecule has 0 radical (unpaired) electrons. The third kappa shape index (κ3) is 4.24. The van der Waals surface area contributed by atoms with Gasteiger partial charge in [0.25, 0.3) is 5.22 Å². The quantitative estimate of drug-likeness (QED) is 0.629. The first-order chi connectivity index (χ1) is 12.1. The van der Waals surface area contributed by atoms with Crippen LogP contribution in [-0.2, 0) is 4.79 Å². The van der Waals surface area contributed by atoms with Gasteiger partial charge < -0.3 is 9.32 Å². The van der Waals surface area contributed by atoms with Crippen molar-refractivity contribution in [1.29, 1.82) is 0 Å². The molecule has 0 atom stereocenters. The number of carbonyl (C=O) groups excluding carboxylic acids is 1. The first-order valence-electron chi connectivity index (χ1n) is 7.89. The second kappa shape index (κ2) is 7.94. The summed E-state index contributed by atoms with van der Waals surface area (Å²) in [6.45, 7) is 3.98. The van der Waals surface area contributed by atoms with Crippen LogP contribution in [0.5, 0.6) is 0 Å². The van der Waals surface area contributed by atoms with Crippen LogP contribution in [0.3, 0.4) is 0 Å². The van der Waals surface area contributed by atoms with Gasteiger partial charge in [0.05, 0.1) is 5.75 Å². The zero-order valence-corrected chi connectivity index (χ0v) is 14.8. The van der Waals surface area contributed by atoms with Crippen LogP contribution >= 0.6 is 11.8 Å². The average Bonchev–Trinajstić information content (AvgIpc) is 3.10. The smallest absolute Gasteiger partial charge is 0.277 e. The number of hydrogen-bond acceptors (Lipinski definition) is 6. The zero-order valence-electron chi connectivity index (χ0n) is 14.0. The molecule has 1 amide bonds. The fraction of sp³-hybridized carbons (Fsp3) is 0.222. The number of pyridine rings is 1. The third-order valence-electron chi connectivity index (χ3n) is 3.47. The molecule has 128 valence electrons. The predicted molar refractivity (Wildman–Crippen MR) is 97.3 cm³/mol. The maximum atomic E-state index is 12.6. The Morgan fingerprint density at radius 2 is 1.84 bits per heavy atom. The summed E-state index contributed by atoms with van der Waals surface area (Å²) in [5, 5.41) is 8.38. The summed E-state index contributed by atoms with van der Waals surface area (Å²) in [6.07, 6.45) is 3.33. The van der Waals surface area contributed by atoms with E-state index in [-0.39, 0.29) is 17.7 Å². The first kappa shape index (κ1) is 17.2. The van der Waals surface area contributed by atoms with Crippen molar-refractivity contribution in [1.82, 2.24) is 15.2 Å². The lowest BCUT2D eigenvalue weighted by molar-refractivity contribution is -0.116. The van der Waals surface area contributed by atoms with Crippen molar-refractivity contribution in [3.05, 3.63) is 54.9 Å². The van der Waals surface area contributed by atoms with Crippen molar-refractivity contribution in [3.8, 4) is 11.5 Å². The standard InChI is InChI=1S/C18H18N4O2S/c1-13(2)22(15-6-4-3-5-7-15)16(23)12-25-18-21-20-17(24-18)14-8-10-19-11-9-14/h3-11,13H,12H2,1-2H3. The van der Waals surface area contributed by atoms with Gasteiger partial charge in [-0.1, -0.05) is 30.0 Å². The van der Waals surface area contributed by atoms with Gasteiger partial charge in [-0.3, -0.25) is 9.78 Å². The minimum atomic E-state index is -0.00476. The number of benzene rings is 1. The SMILES string of the molecule is CC(C)N(C(=O)CSc1nnc(-c2ccncc2)o1)c1ccccc1. The molecule has 2 aromatic heterocycles. The lowest BCUT2D eigenvalue weighted by Crippen LogP contribution is -2.38. The van der Waals surface area contributed by atoms with Crippen molar-refractivity contribution in [3.63, 3.8) is 0 Å². The molecular weight excluding hydrogens is 336 g/mol. The first-order valence-corrected chi connectivity index (χ1v) is 8.87. The summed E-state index contributed by atoms with van der Waals surface area (Å²) in [5.74, 6) is 0.640. The molecule has 6 nitrogen and oxygen atoms in total. The number of para-hydroxylation sites is 1. The topological polar surface area (TPSA) is 72.1 Å². The van der Waals surface area contributed by atoms with E-state index < -0.39 is 0 Å². The van der Waals surface area contributed by atoms with Crippen LogP contribution in [0.15, 0.2) is 64.5 Å². The van der Waals surface area contributed by atoms with Crippen molar-refractivity contribution in [2.45, 2.75) is 25.1 Å². The molecule has 0 aliphatic carbocycles. The maximum Gasteiger partial charge on any atom is 0.277 e. The molecule has 0 saturated carbocycles. The van der Waals surface area contributed by atoms with Gasteiger partial charge in [0, 0.05) is 29.7 Å². The van der Waals surface area contributed by atoms with E-state index in [1.54, 1.807) is 29.4 Å². The molecule has 0 spiro atoms. The summed E-state index contributed by atoms with van der Waals surface area (Å²) < 4.78 is 5.61. The average molecular weight is 354 g/mol. The number of rotatable bonds is 6. The van der Waals surface area contributed by atoms with Crippen LogP contribution < -0.4 is 4.90 Å². The molecule has 2 heterocycles. The third-order valence-corrected chi connectivity index (χ3v) is 4.28. The summed E-state index contributed by atoms with van der Waals surface area (Å²) >= 11 is 1.24. The van der Waals surface area contributed by atoms with Gasteiger partial charge in [0.1, 0.15) is 0 Å². The number of anilines is 1. The van der Waals surface area contributed by atoms with E-state index in [1.165, 1.54) is 11.8 Å². The number of amides is 1. The van der Waals surface area contributed by atoms with E-state index in [1.807, 2.05) is 44.2 Å². The molecule has 0 unspecified atom stereocenters. The molecule has 3 rings (SSSR count). The number of thioether (sulfide) groups is 1. The van der Waals surface area contributed by atoms with Crippen molar-refractivity contribution in [2.24, 2.45) is 0 Å². The van der Waals surface area contributed by atoms with Crippen LogP contribution in [0.2, 0.25) is 0 Å². The van der Waals surface area contributed by atoms with Crippen molar-refractivity contribution in [2.75, 3.05) is 10.7 Å². The summed E-state index contributed by atoms with van der Waals surface area (Å²) in [4.78, 5) is 18.4. The zero-order chi connectivity index (χ0) is 17.6. The largest absolute Gasteiger partial charge is 0.411 e. The van der Waals surface area contributed by atoms with Crippen LogP contribution in [-0.4, -0.2) is 32.9 Å². The van der Waals surface area contributed by atoms with E-state index in [9.17, 15) is 4.79 Å². The number of aromatic nitrogens is 3. The fourth-order valence-electron chi connectivity index (χ4n) is 2.39. The molecule has 0 N–H and O–H groups in total. The van der Waals surface area contributed by atoms with E-state index in [4.69, 9.17) is 4.42 Å². The van der Waals surface area contributed by atoms with Gasteiger partial charge in [0.15, 0.2) is 0 Å². The molecule has 3 aromatic rings. The Morgan fingerprint density at radius 3 is 2.52 bits per heavy atom. The Kier molecular flexibility index (Phi) is 5.45. The van der Waals surface area contributed by atoms with Gasteiger partial charge in [0.2, 0.25) is 11.8 Å². The molecular formula is C18H18N4O2S. The van der Waals surface area contributed by atoms with Crippen LogP contribution in [0, 0.1) is 0 Å². The number of hydrogen-bond donors (Lipinski definition) is 0. The monoisotopic (exact) mass is 354 g/mol. The van der Waals surface area contributed by atoms with E-state index >= 15 is 0 Å². The highest BCUT2D eigenvalue weighted by Gasteiger charge is 2.20. The Labute approximate surface area is 150 Å². The molecule has 7 heteroatoms. The maximum absolute atomic E-state index is 12.6. The minimum absolute atomic E-state index is 0.00476. The van der Waals surface area contributed by atoms with Gasteiger partial charge in [-0.15, -0.1) is 10.2 Å². The lowest BCUT2D eigenvalue weighted by atomic mass is 10.2. The van der Waals surface area contributed by atoms with Crippen LogP contribution in [0.4, 0.5) is 5.69 Å². The molecule has 0 saturated heterocycles. The van der Waals surface area contributed by atoms with Gasteiger partial charge in [-0.2, -0.15) is 0 Å². The highest BCUT2D eigenvalue weighted by atomic mass is 32.2. The second-order valence-corrected chi connectivity index (χ2v) is 6.52. The summed E-state index contributed by atoms with van der Waals surface area (Å²) in [6, 6.07) is 13.3. The number of carbonyl (C=O) groups is 1. The molecule has 0 aliphatic heterocycles. The minimum Gasteiger partial charge on any atom is -0.411 e. The summed E-state index contributed by atoms with van der Waals surface area (Å²) in [5.41, 5.74) is 1.68. The molecule has 0 aliphatic rings. The predicted octanol–water partition coefficient (Wildman–Crippen LogP) is 3.67. The lowest BCUT2D eigenvalue weighted by Gasteiger charge is -2.26. The Hall–Kier alpha value is -2.67. The molecule has 1 aromatic carbocycles. The normalized spacial score (nSPS) is 10.8. The van der Waals surface area contributed by atoms with Gasteiger partial charge in [-0.05, 0) is 38.1 Å². The van der Waals surface area contributed by atoms with Gasteiger partial charge in [-0.25, -0.2) is 0 Å². The number of nitrogens with zero attached hydrogens (tertiary/aromatic N) is 4. The molecule has 0 fully saturated rings. The second-order valence-electron chi connectivity index (χ2n) is 5.59. The molecule has 25 heavy (non-hydrogen) atoms. The fourth-order valence-corrected chi connectivity index (χ4v) is 3.01. The Bertz CT molecular complexity index is 821. The summed E-state index contributed by atoms with van der Waals surface area (Å²) in [7, 11) is 0. The van der Waals surface area contributed by atoms with Gasteiger partial charge >= 0.3 is 0 Å². The van der Waals surface area contributed by atoms with Crippen molar-refractivity contribution >= 4 is 23.4 Å². The van der Waals surface area contributed by atoms with E-state index in [0.29, 0.717) is 11.1 Å². The Morgan fingerprint density at radius 1 is 1.12 bits per heavy atom. The van der Waals surface area contributed by atoms with Crippen LogP contribution in [0.1, 0.15) is 13.8 Å². The highest BCUT2D eigenvalue weighted by molar-refractivity contribution is 7.99. The Balaban J connectivity index is 1.66. The van der Waals surface area contributed by atoms with Crippen LogP contribution in [0.25, 0.3) is 11.5 Å². The highest BCUT2D eigenvalue weighted by Crippen LogP contribution is 2.24. The van der Waals surface area contributed by atoms with Crippen molar-refractivity contribution < 1.29 is 9.21 Å². The molecule has 0 bridgehead atoms.